The number of para-hydroxylation sites is 1. The van der Waals surface area contributed by atoms with Crippen molar-refractivity contribution < 1.29 is 9.47 Å². The molecule has 2 atom stereocenters. The van der Waals surface area contributed by atoms with Gasteiger partial charge >= 0.3 is 0 Å². The van der Waals surface area contributed by atoms with Crippen LogP contribution in [0.15, 0.2) is 29.3 Å². The fraction of sp³-hybridized carbons (Fsp3) is 0.562. The molecule has 1 aromatic carbocycles. The SMILES string of the molecule is CCC(CNC(=NC)NC(C)COC)Oc1ccccc1Cl. The van der Waals surface area contributed by atoms with Gasteiger partial charge in [0.15, 0.2) is 5.96 Å². The summed E-state index contributed by atoms with van der Waals surface area (Å²) >= 11 is 6.12. The van der Waals surface area contributed by atoms with E-state index in [9.17, 15) is 0 Å². The maximum Gasteiger partial charge on any atom is 0.191 e. The number of nitrogens with one attached hydrogen (secondary N) is 2. The zero-order chi connectivity index (χ0) is 16.4. The highest BCUT2D eigenvalue weighted by atomic mass is 35.5. The van der Waals surface area contributed by atoms with Crippen molar-refractivity contribution in [2.45, 2.75) is 32.4 Å². The number of guanidine groups is 1. The minimum atomic E-state index is 0.0104. The summed E-state index contributed by atoms with van der Waals surface area (Å²) in [6.45, 7) is 5.37. The van der Waals surface area contributed by atoms with Gasteiger partial charge in [0.25, 0.3) is 0 Å². The number of rotatable bonds is 8. The molecule has 0 amide bonds. The van der Waals surface area contributed by atoms with E-state index >= 15 is 0 Å². The smallest absolute Gasteiger partial charge is 0.191 e. The molecule has 0 heterocycles. The van der Waals surface area contributed by atoms with E-state index in [2.05, 4.69) is 22.5 Å². The Hall–Kier alpha value is -1.46. The Kier molecular flexibility index (Phi) is 8.70. The standard InChI is InChI=1S/C16H26ClN3O2/c1-5-13(22-15-9-7-6-8-14(15)17)10-19-16(18-3)20-12(2)11-21-4/h6-9,12-13H,5,10-11H2,1-4H3,(H2,18,19,20). The van der Waals surface area contributed by atoms with Crippen molar-refractivity contribution in [3.63, 3.8) is 0 Å². The number of ether oxygens (including phenoxy) is 2. The third-order valence-corrected chi connectivity index (χ3v) is 3.42. The predicted molar refractivity (Wildman–Crippen MR) is 92.0 cm³/mol. The Morgan fingerprint density at radius 2 is 2.09 bits per heavy atom. The van der Waals surface area contributed by atoms with Crippen molar-refractivity contribution in [1.29, 1.82) is 0 Å². The minimum Gasteiger partial charge on any atom is -0.487 e. The minimum absolute atomic E-state index is 0.0104. The molecule has 0 saturated carbocycles. The second kappa shape index (κ2) is 10.3. The van der Waals surface area contributed by atoms with Gasteiger partial charge in [-0.3, -0.25) is 4.99 Å². The Balaban J connectivity index is 2.50. The molecule has 1 rings (SSSR count). The highest BCUT2D eigenvalue weighted by Gasteiger charge is 2.12. The molecule has 1 aromatic rings. The third kappa shape index (κ3) is 6.54. The predicted octanol–water partition coefficient (Wildman–Crippen LogP) is 2.70. The van der Waals surface area contributed by atoms with Gasteiger partial charge in [-0.25, -0.2) is 0 Å². The van der Waals surface area contributed by atoms with Crippen molar-refractivity contribution in [2.24, 2.45) is 4.99 Å². The molecule has 0 aliphatic carbocycles. The molecule has 0 radical (unpaired) electrons. The van der Waals surface area contributed by atoms with Crippen molar-refractivity contribution in [3.05, 3.63) is 29.3 Å². The summed E-state index contributed by atoms with van der Waals surface area (Å²) in [5, 5.41) is 7.14. The fourth-order valence-electron chi connectivity index (χ4n) is 1.92. The average molecular weight is 328 g/mol. The van der Waals surface area contributed by atoms with E-state index in [-0.39, 0.29) is 12.1 Å². The molecule has 124 valence electrons. The van der Waals surface area contributed by atoms with Gasteiger partial charge in [-0.15, -0.1) is 0 Å². The van der Waals surface area contributed by atoms with E-state index in [1.165, 1.54) is 0 Å². The highest BCUT2D eigenvalue weighted by molar-refractivity contribution is 6.32. The van der Waals surface area contributed by atoms with Crippen LogP contribution in [0.2, 0.25) is 5.02 Å². The van der Waals surface area contributed by atoms with Gasteiger partial charge < -0.3 is 20.1 Å². The van der Waals surface area contributed by atoms with Gasteiger partial charge in [0.2, 0.25) is 0 Å². The molecule has 0 aromatic heterocycles. The van der Waals surface area contributed by atoms with Crippen molar-refractivity contribution in [2.75, 3.05) is 27.3 Å². The normalized spacial score (nSPS) is 14.3. The van der Waals surface area contributed by atoms with Crippen molar-refractivity contribution in [1.82, 2.24) is 10.6 Å². The molecule has 6 heteroatoms. The van der Waals surface area contributed by atoms with Gasteiger partial charge in [0.1, 0.15) is 11.9 Å². The molecule has 0 spiro atoms. The van der Waals surface area contributed by atoms with Gasteiger partial charge in [0.05, 0.1) is 18.2 Å². The van der Waals surface area contributed by atoms with Gasteiger partial charge in [0, 0.05) is 20.2 Å². The average Bonchev–Trinajstić information content (AvgIpc) is 2.52. The molecule has 0 aliphatic heterocycles. The summed E-state index contributed by atoms with van der Waals surface area (Å²) in [5.74, 6) is 1.43. The second-order valence-electron chi connectivity index (χ2n) is 5.03. The first kappa shape index (κ1) is 18.6. The fourth-order valence-corrected chi connectivity index (χ4v) is 2.10. The van der Waals surface area contributed by atoms with Crippen LogP contribution in [0.3, 0.4) is 0 Å². The molecular weight excluding hydrogens is 302 g/mol. The summed E-state index contributed by atoms with van der Waals surface area (Å²) in [5.41, 5.74) is 0. The molecule has 0 saturated heterocycles. The molecule has 0 aliphatic rings. The van der Waals surface area contributed by atoms with Crippen LogP contribution in [-0.4, -0.2) is 45.4 Å². The van der Waals surface area contributed by atoms with E-state index < -0.39 is 0 Å². The Bertz CT molecular complexity index is 468. The zero-order valence-corrected chi connectivity index (χ0v) is 14.5. The van der Waals surface area contributed by atoms with Crippen LogP contribution in [0.4, 0.5) is 0 Å². The monoisotopic (exact) mass is 327 g/mol. The maximum atomic E-state index is 6.12. The number of benzene rings is 1. The molecule has 2 N–H and O–H groups in total. The first-order valence-electron chi connectivity index (χ1n) is 7.48. The van der Waals surface area contributed by atoms with E-state index in [0.29, 0.717) is 23.9 Å². The largest absolute Gasteiger partial charge is 0.487 e. The van der Waals surface area contributed by atoms with E-state index in [1.807, 2.05) is 31.2 Å². The zero-order valence-electron chi connectivity index (χ0n) is 13.7. The van der Waals surface area contributed by atoms with Gasteiger partial charge in [-0.1, -0.05) is 30.7 Å². The molecule has 0 fully saturated rings. The lowest BCUT2D eigenvalue weighted by Gasteiger charge is -2.22. The van der Waals surface area contributed by atoms with E-state index in [1.54, 1.807) is 14.2 Å². The first-order valence-corrected chi connectivity index (χ1v) is 7.85. The lowest BCUT2D eigenvalue weighted by Crippen LogP contribution is -2.46. The van der Waals surface area contributed by atoms with Crippen LogP contribution in [0.1, 0.15) is 20.3 Å². The Morgan fingerprint density at radius 3 is 2.68 bits per heavy atom. The van der Waals surface area contributed by atoms with E-state index in [4.69, 9.17) is 21.1 Å². The van der Waals surface area contributed by atoms with Crippen LogP contribution in [0.5, 0.6) is 5.75 Å². The van der Waals surface area contributed by atoms with Crippen molar-refractivity contribution in [3.8, 4) is 5.75 Å². The van der Waals surface area contributed by atoms with Crippen LogP contribution < -0.4 is 15.4 Å². The van der Waals surface area contributed by atoms with Crippen LogP contribution in [0.25, 0.3) is 0 Å². The summed E-state index contributed by atoms with van der Waals surface area (Å²) < 4.78 is 11.0. The molecule has 2 unspecified atom stereocenters. The summed E-state index contributed by atoms with van der Waals surface area (Å²) in [7, 11) is 3.42. The number of methoxy groups -OCH3 is 1. The molecule has 0 bridgehead atoms. The van der Waals surface area contributed by atoms with Gasteiger partial charge in [-0.2, -0.15) is 0 Å². The second-order valence-corrected chi connectivity index (χ2v) is 5.44. The lowest BCUT2D eigenvalue weighted by molar-refractivity contribution is 0.178. The molecule has 5 nitrogen and oxygen atoms in total. The van der Waals surface area contributed by atoms with Crippen LogP contribution in [-0.2, 0) is 4.74 Å². The summed E-state index contributed by atoms with van der Waals surface area (Å²) in [4.78, 5) is 4.20. The van der Waals surface area contributed by atoms with Crippen LogP contribution >= 0.6 is 11.6 Å². The summed E-state index contributed by atoms with van der Waals surface area (Å²) in [6.07, 6.45) is 0.874. The molecular formula is C16H26ClN3O2. The number of hydrogen-bond donors (Lipinski definition) is 2. The van der Waals surface area contributed by atoms with Gasteiger partial charge in [-0.05, 0) is 25.5 Å². The Labute approximate surface area is 138 Å². The quantitative estimate of drug-likeness (QED) is 0.569. The van der Waals surface area contributed by atoms with Crippen molar-refractivity contribution >= 4 is 17.6 Å². The number of nitrogens with zero attached hydrogens (tertiary/aromatic N) is 1. The highest BCUT2D eigenvalue weighted by Crippen LogP contribution is 2.24. The topological polar surface area (TPSA) is 54.9 Å². The summed E-state index contributed by atoms with van der Waals surface area (Å²) in [6, 6.07) is 7.68. The lowest BCUT2D eigenvalue weighted by atomic mass is 10.2. The first-order chi connectivity index (χ1) is 10.6. The number of halogens is 1. The molecule has 22 heavy (non-hydrogen) atoms. The number of aliphatic imine (C=N–C) groups is 1. The third-order valence-electron chi connectivity index (χ3n) is 3.11. The Morgan fingerprint density at radius 1 is 1.36 bits per heavy atom. The maximum absolute atomic E-state index is 6.12. The van der Waals surface area contributed by atoms with Crippen LogP contribution in [0, 0.1) is 0 Å². The number of hydrogen-bond acceptors (Lipinski definition) is 3. The van der Waals surface area contributed by atoms with E-state index in [0.717, 1.165) is 12.4 Å².